The van der Waals surface area contributed by atoms with Crippen LogP contribution < -0.4 is 0 Å². The minimum absolute atomic E-state index is 0.0289. The summed E-state index contributed by atoms with van der Waals surface area (Å²) in [7, 11) is 0. The van der Waals surface area contributed by atoms with Crippen LogP contribution in [0.15, 0.2) is 13.6 Å². The third-order valence-electron chi connectivity index (χ3n) is 1.24. The van der Waals surface area contributed by atoms with Gasteiger partial charge in [0.2, 0.25) is 0 Å². The van der Waals surface area contributed by atoms with Crippen LogP contribution in [-0.4, -0.2) is 16.2 Å². The van der Waals surface area contributed by atoms with E-state index < -0.39 is 12.6 Å². The Kier molecular flexibility index (Phi) is 2.92. The highest BCUT2D eigenvalue weighted by atomic mass is 79.9. The number of aromatic carboxylic acids is 1. The summed E-state index contributed by atoms with van der Waals surface area (Å²) in [5, 5.41) is 17.4. The molecular formula is C6H4Br2O4. The average molecular weight is 300 g/mol. The maximum atomic E-state index is 10.6. The molecule has 0 aliphatic heterocycles. The Hall–Kier alpha value is -0.330. The summed E-state index contributed by atoms with van der Waals surface area (Å²) in [5.74, 6) is -1.11. The second kappa shape index (κ2) is 3.59. The number of hydrogen-bond acceptors (Lipinski definition) is 3. The molecule has 0 spiro atoms. The van der Waals surface area contributed by atoms with E-state index in [9.17, 15) is 4.79 Å². The largest absolute Gasteiger partial charge is 0.478 e. The van der Waals surface area contributed by atoms with Gasteiger partial charge in [0.1, 0.15) is 17.9 Å². The van der Waals surface area contributed by atoms with Gasteiger partial charge in [0.15, 0.2) is 4.67 Å². The van der Waals surface area contributed by atoms with Gasteiger partial charge < -0.3 is 14.6 Å². The highest BCUT2D eigenvalue weighted by Crippen LogP contribution is 2.32. The van der Waals surface area contributed by atoms with E-state index in [-0.39, 0.29) is 16.0 Å². The molecule has 0 fully saturated rings. The number of halogens is 2. The number of carboxylic acids is 1. The Balaban J connectivity index is 3.31. The number of carbonyl (C=O) groups is 1. The summed E-state index contributed by atoms with van der Waals surface area (Å²) in [4.78, 5) is 10.6. The van der Waals surface area contributed by atoms with Crippen molar-refractivity contribution in [3.05, 3.63) is 20.5 Å². The summed E-state index contributed by atoms with van der Waals surface area (Å²) in [5.41, 5.74) is -0.0515. The SMILES string of the molecule is O=C(O)c1c(CO)oc(Br)c1Br. The minimum Gasteiger partial charge on any atom is -0.478 e. The maximum absolute atomic E-state index is 10.6. The number of aliphatic hydroxyl groups is 1. The van der Waals surface area contributed by atoms with Crippen LogP contribution >= 0.6 is 31.9 Å². The highest BCUT2D eigenvalue weighted by Gasteiger charge is 2.21. The fourth-order valence-electron chi connectivity index (χ4n) is 0.749. The normalized spacial score (nSPS) is 10.2. The minimum atomic E-state index is -1.14. The first-order valence-corrected chi connectivity index (χ1v) is 4.47. The van der Waals surface area contributed by atoms with Gasteiger partial charge in [-0.3, -0.25) is 0 Å². The number of carboxylic acid groups (broad SMARTS) is 1. The lowest BCUT2D eigenvalue weighted by Gasteiger charge is -1.91. The third kappa shape index (κ3) is 1.55. The lowest BCUT2D eigenvalue weighted by atomic mass is 10.2. The van der Waals surface area contributed by atoms with E-state index in [1.54, 1.807) is 0 Å². The molecule has 0 aliphatic rings. The molecule has 0 saturated heterocycles. The van der Waals surface area contributed by atoms with Crippen LogP contribution in [-0.2, 0) is 6.61 Å². The van der Waals surface area contributed by atoms with Crippen molar-refractivity contribution in [3.63, 3.8) is 0 Å². The number of rotatable bonds is 2. The Morgan fingerprint density at radius 1 is 1.50 bits per heavy atom. The van der Waals surface area contributed by atoms with E-state index in [0.29, 0.717) is 4.47 Å². The molecule has 4 nitrogen and oxygen atoms in total. The maximum Gasteiger partial charge on any atom is 0.340 e. The molecule has 66 valence electrons. The molecule has 0 saturated carbocycles. The molecule has 0 amide bonds. The van der Waals surface area contributed by atoms with Gasteiger partial charge >= 0.3 is 5.97 Å². The van der Waals surface area contributed by atoms with E-state index in [1.165, 1.54) is 0 Å². The van der Waals surface area contributed by atoms with Crippen molar-refractivity contribution < 1.29 is 19.4 Å². The monoisotopic (exact) mass is 298 g/mol. The Morgan fingerprint density at radius 3 is 2.42 bits per heavy atom. The van der Waals surface area contributed by atoms with Crippen LogP contribution in [0.5, 0.6) is 0 Å². The molecule has 0 aliphatic carbocycles. The predicted molar refractivity (Wildman–Crippen MR) is 47.0 cm³/mol. The molecule has 1 heterocycles. The molecule has 1 aromatic rings. The quantitative estimate of drug-likeness (QED) is 0.876. The fraction of sp³-hybridized carbons (Fsp3) is 0.167. The van der Waals surface area contributed by atoms with Gasteiger partial charge in [-0.15, -0.1) is 0 Å². The molecule has 1 rings (SSSR count). The topological polar surface area (TPSA) is 70.7 Å². The van der Waals surface area contributed by atoms with E-state index >= 15 is 0 Å². The first kappa shape index (κ1) is 9.76. The zero-order valence-electron chi connectivity index (χ0n) is 5.67. The van der Waals surface area contributed by atoms with Crippen molar-refractivity contribution in [2.75, 3.05) is 0 Å². The van der Waals surface area contributed by atoms with Crippen LogP contribution in [0.25, 0.3) is 0 Å². The summed E-state index contributed by atoms with van der Waals surface area (Å²) < 4.78 is 5.47. The van der Waals surface area contributed by atoms with Crippen molar-refractivity contribution in [2.45, 2.75) is 6.61 Å². The lowest BCUT2D eigenvalue weighted by molar-refractivity contribution is 0.0690. The molecule has 0 aromatic carbocycles. The summed E-state index contributed by atoms with van der Waals surface area (Å²) in [6.07, 6.45) is 0. The zero-order valence-corrected chi connectivity index (χ0v) is 8.85. The van der Waals surface area contributed by atoms with Crippen molar-refractivity contribution in [1.82, 2.24) is 0 Å². The molecule has 0 radical (unpaired) electrons. The van der Waals surface area contributed by atoms with Crippen LogP contribution in [0.4, 0.5) is 0 Å². The Morgan fingerprint density at radius 2 is 2.08 bits per heavy atom. The Labute approximate surface area is 84.4 Å². The van der Waals surface area contributed by atoms with Gasteiger partial charge in [-0.25, -0.2) is 4.79 Å². The molecule has 0 bridgehead atoms. The van der Waals surface area contributed by atoms with Gasteiger partial charge in [-0.2, -0.15) is 0 Å². The van der Waals surface area contributed by atoms with Crippen LogP contribution in [0.1, 0.15) is 16.1 Å². The summed E-state index contributed by atoms with van der Waals surface area (Å²) in [6, 6.07) is 0. The van der Waals surface area contributed by atoms with Gasteiger partial charge in [0.05, 0.1) is 4.47 Å². The van der Waals surface area contributed by atoms with Crippen molar-refractivity contribution in [1.29, 1.82) is 0 Å². The smallest absolute Gasteiger partial charge is 0.340 e. The molecule has 12 heavy (non-hydrogen) atoms. The predicted octanol–water partition coefficient (Wildman–Crippen LogP) is 2.00. The van der Waals surface area contributed by atoms with Gasteiger partial charge in [-0.05, 0) is 31.9 Å². The zero-order chi connectivity index (χ0) is 9.30. The van der Waals surface area contributed by atoms with Gasteiger partial charge in [0.25, 0.3) is 0 Å². The Bertz CT molecular complexity index is 318. The van der Waals surface area contributed by atoms with Crippen molar-refractivity contribution >= 4 is 37.8 Å². The number of hydrogen-bond donors (Lipinski definition) is 2. The number of furan rings is 1. The molecule has 0 atom stereocenters. The number of aliphatic hydroxyl groups excluding tert-OH is 1. The van der Waals surface area contributed by atoms with E-state index in [0.717, 1.165) is 0 Å². The summed E-state index contributed by atoms with van der Waals surface area (Å²) in [6.45, 7) is -0.439. The second-order valence-corrected chi connectivity index (χ2v) is 3.46. The molecule has 1 aromatic heterocycles. The second-order valence-electron chi connectivity index (χ2n) is 1.95. The van der Waals surface area contributed by atoms with E-state index in [2.05, 4.69) is 31.9 Å². The van der Waals surface area contributed by atoms with Crippen LogP contribution in [0.2, 0.25) is 0 Å². The van der Waals surface area contributed by atoms with Crippen LogP contribution in [0.3, 0.4) is 0 Å². The molecule has 6 heteroatoms. The molecule has 0 unspecified atom stereocenters. The standard InChI is InChI=1S/C6H4Br2O4/c7-4-3(6(10)11)2(1-9)12-5(4)8/h9H,1H2,(H,10,11). The first-order chi connectivity index (χ1) is 5.57. The lowest BCUT2D eigenvalue weighted by Crippen LogP contribution is -1.99. The fourth-order valence-corrected chi connectivity index (χ4v) is 1.61. The molecule has 2 N–H and O–H groups in total. The van der Waals surface area contributed by atoms with Gasteiger partial charge in [-0.1, -0.05) is 0 Å². The first-order valence-electron chi connectivity index (χ1n) is 2.88. The molecular weight excluding hydrogens is 296 g/mol. The van der Waals surface area contributed by atoms with Gasteiger partial charge in [0, 0.05) is 0 Å². The van der Waals surface area contributed by atoms with E-state index in [4.69, 9.17) is 14.6 Å². The van der Waals surface area contributed by atoms with Crippen LogP contribution in [0, 0.1) is 0 Å². The third-order valence-corrected chi connectivity index (χ3v) is 3.09. The average Bonchev–Trinajstić information content (AvgIpc) is 2.28. The van der Waals surface area contributed by atoms with Crippen molar-refractivity contribution in [2.24, 2.45) is 0 Å². The van der Waals surface area contributed by atoms with Crippen molar-refractivity contribution in [3.8, 4) is 0 Å². The summed E-state index contributed by atoms with van der Waals surface area (Å²) >= 11 is 6.00. The van der Waals surface area contributed by atoms with E-state index in [1.807, 2.05) is 0 Å². The highest BCUT2D eigenvalue weighted by molar-refractivity contribution is 9.13.